The first-order valence-electron chi connectivity index (χ1n) is 10.3. The molecule has 31 heavy (non-hydrogen) atoms. The number of ether oxygens (including phenoxy) is 2. The Bertz CT molecular complexity index is 839. The van der Waals surface area contributed by atoms with Crippen LogP contribution in [0.25, 0.3) is 11.3 Å². The summed E-state index contributed by atoms with van der Waals surface area (Å²) in [6, 6.07) is 2.40. The predicted molar refractivity (Wildman–Crippen MR) is 114 cm³/mol. The Morgan fingerprint density at radius 3 is 2.10 bits per heavy atom. The summed E-state index contributed by atoms with van der Waals surface area (Å²) in [5, 5.41) is 0. The molecule has 0 aromatic carbocycles. The van der Waals surface area contributed by atoms with Gasteiger partial charge in [0.1, 0.15) is 11.6 Å². The molecular weight excluding hydrogens is 413 g/mol. The summed E-state index contributed by atoms with van der Waals surface area (Å²) in [6.07, 6.45) is -3.47. The Kier molecular flexibility index (Phi) is 7.50. The zero-order valence-electron chi connectivity index (χ0n) is 17.7. The molecule has 2 aromatic rings. The molecule has 2 N–H and O–H groups in total. The van der Waals surface area contributed by atoms with Crippen LogP contribution in [0, 0.1) is 0 Å². The number of alkyl halides is 3. The fourth-order valence-corrected chi connectivity index (χ4v) is 3.33. The van der Waals surface area contributed by atoms with E-state index in [0.29, 0.717) is 64.4 Å². The number of morpholine rings is 2. The summed E-state index contributed by atoms with van der Waals surface area (Å²) in [4.78, 5) is 16.8. The van der Waals surface area contributed by atoms with Crippen LogP contribution in [-0.2, 0) is 15.7 Å². The zero-order chi connectivity index (χ0) is 22.4. The molecule has 2 aliphatic heterocycles. The summed E-state index contributed by atoms with van der Waals surface area (Å²) in [7, 11) is 0. The van der Waals surface area contributed by atoms with Crippen molar-refractivity contribution < 1.29 is 24.1 Å². The summed E-state index contributed by atoms with van der Waals surface area (Å²) < 4.78 is 51.7. The lowest BCUT2D eigenvalue weighted by Gasteiger charge is -2.31. The molecule has 0 bridgehead atoms. The molecule has 2 saturated heterocycles. The third kappa shape index (κ3) is 5.53. The zero-order valence-corrected chi connectivity index (χ0v) is 17.7. The molecule has 2 fully saturated rings. The monoisotopic (exact) mass is 442 g/mol. The molecule has 0 unspecified atom stereocenters. The van der Waals surface area contributed by atoms with Crippen molar-refractivity contribution in [3.8, 4) is 11.3 Å². The van der Waals surface area contributed by atoms with Gasteiger partial charge in [-0.05, 0) is 6.07 Å². The van der Waals surface area contributed by atoms with Gasteiger partial charge in [0, 0.05) is 45.4 Å². The molecule has 8 nitrogen and oxygen atoms in total. The number of hydrogen-bond donors (Lipinski definition) is 1. The molecule has 0 radical (unpaired) electrons. The predicted octanol–water partition coefficient (Wildman–Crippen LogP) is 3.09. The minimum Gasteiger partial charge on any atom is -0.384 e. The van der Waals surface area contributed by atoms with Gasteiger partial charge in [0.05, 0.1) is 37.7 Å². The van der Waals surface area contributed by atoms with Crippen LogP contribution in [0.1, 0.15) is 20.8 Å². The molecule has 0 spiro atoms. The number of rotatable bonds is 3. The van der Waals surface area contributed by atoms with Crippen LogP contribution in [0.2, 0.25) is 0 Å². The van der Waals surface area contributed by atoms with E-state index in [1.807, 2.05) is 23.6 Å². The fourth-order valence-electron chi connectivity index (χ4n) is 3.33. The van der Waals surface area contributed by atoms with E-state index >= 15 is 0 Å². The molecule has 4 heterocycles. The second kappa shape index (κ2) is 10.1. The smallest absolute Gasteiger partial charge is 0.384 e. The Morgan fingerprint density at radius 1 is 0.935 bits per heavy atom. The highest BCUT2D eigenvalue weighted by Crippen LogP contribution is 2.38. The van der Waals surface area contributed by atoms with Gasteiger partial charge in [0.2, 0.25) is 5.95 Å². The average molecular weight is 442 g/mol. The summed E-state index contributed by atoms with van der Waals surface area (Å²) in [5.74, 6) is 0.735. The van der Waals surface area contributed by atoms with Crippen LogP contribution < -0.4 is 15.5 Å². The number of nitrogens with two attached hydrogens (primary N) is 1. The maximum absolute atomic E-state index is 13.6. The van der Waals surface area contributed by atoms with Crippen molar-refractivity contribution in [1.82, 2.24) is 15.0 Å². The minimum absolute atomic E-state index is 0. The molecule has 2 aromatic heterocycles. The second-order valence-electron chi connectivity index (χ2n) is 6.76. The molecule has 0 amide bonds. The number of nitrogen functional groups attached to an aromatic ring is 1. The van der Waals surface area contributed by atoms with Gasteiger partial charge >= 0.3 is 6.18 Å². The van der Waals surface area contributed by atoms with Crippen LogP contribution >= 0.6 is 0 Å². The Morgan fingerprint density at radius 2 is 1.52 bits per heavy atom. The van der Waals surface area contributed by atoms with Crippen LogP contribution in [0.15, 0.2) is 18.3 Å². The fraction of sp³-hybridized carbons (Fsp3) is 0.550. The van der Waals surface area contributed by atoms with E-state index < -0.39 is 11.7 Å². The standard InChI is InChI=1S/C18H21F3N6O2.C2H6.H2/c19-18(20,21)13-9-15(22)23-11-12(13)14-10-16(26-1-5-28-6-2-26)25-17(24-14)27-3-7-29-8-4-27;1-2;/h9-11H,1-8H2,(H2,22,23);1-2H3;1H. The van der Waals surface area contributed by atoms with E-state index in [1.54, 1.807) is 6.07 Å². The first kappa shape index (κ1) is 23.0. The third-order valence-corrected chi connectivity index (χ3v) is 4.84. The van der Waals surface area contributed by atoms with Crippen molar-refractivity contribution in [2.75, 3.05) is 68.1 Å². The van der Waals surface area contributed by atoms with E-state index in [9.17, 15) is 13.2 Å². The Balaban J connectivity index is 0.00000118. The van der Waals surface area contributed by atoms with Gasteiger partial charge in [0.25, 0.3) is 0 Å². The van der Waals surface area contributed by atoms with Crippen LogP contribution in [0.5, 0.6) is 0 Å². The van der Waals surface area contributed by atoms with Crippen molar-refractivity contribution in [1.29, 1.82) is 0 Å². The van der Waals surface area contributed by atoms with Crippen LogP contribution in [-0.4, -0.2) is 67.6 Å². The largest absolute Gasteiger partial charge is 0.417 e. The number of nitrogens with zero attached hydrogens (tertiary/aromatic N) is 5. The topological polar surface area (TPSA) is 89.6 Å². The molecule has 11 heteroatoms. The van der Waals surface area contributed by atoms with Gasteiger partial charge in [0.15, 0.2) is 0 Å². The maximum Gasteiger partial charge on any atom is 0.417 e. The van der Waals surface area contributed by atoms with Gasteiger partial charge in [-0.15, -0.1) is 0 Å². The van der Waals surface area contributed by atoms with Crippen molar-refractivity contribution in [2.45, 2.75) is 20.0 Å². The summed E-state index contributed by atoms with van der Waals surface area (Å²) in [5.41, 5.74) is 4.67. The number of aromatic nitrogens is 3. The average Bonchev–Trinajstić information content (AvgIpc) is 2.80. The molecule has 172 valence electrons. The number of anilines is 3. The quantitative estimate of drug-likeness (QED) is 0.776. The van der Waals surface area contributed by atoms with Gasteiger partial charge in [-0.1, -0.05) is 13.8 Å². The lowest BCUT2D eigenvalue weighted by atomic mass is 10.1. The van der Waals surface area contributed by atoms with E-state index in [0.717, 1.165) is 12.3 Å². The number of pyridine rings is 1. The van der Waals surface area contributed by atoms with Crippen molar-refractivity contribution >= 4 is 17.6 Å². The third-order valence-electron chi connectivity index (χ3n) is 4.84. The highest BCUT2D eigenvalue weighted by atomic mass is 19.4. The van der Waals surface area contributed by atoms with Crippen molar-refractivity contribution in [3.63, 3.8) is 0 Å². The van der Waals surface area contributed by atoms with Crippen molar-refractivity contribution in [2.24, 2.45) is 0 Å². The molecule has 0 saturated carbocycles. The lowest BCUT2D eigenvalue weighted by Crippen LogP contribution is -2.39. The molecule has 4 rings (SSSR count). The van der Waals surface area contributed by atoms with Crippen LogP contribution in [0.3, 0.4) is 0 Å². The first-order valence-corrected chi connectivity index (χ1v) is 10.3. The van der Waals surface area contributed by atoms with E-state index in [1.165, 1.54) is 0 Å². The highest BCUT2D eigenvalue weighted by Gasteiger charge is 2.35. The molecular formula is C20H29F3N6O2. The Labute approximate surface area is 180 Å². The number of halogens is 3. The normalized spacial score (nSPS) is 17.2. The summed E-state index contributed by atoms with van der Waals surface area (Å²) >= 11 is 0. The minimum atomic E-state index is -4.59. The molecule has 0 atom stereocenters. The van der Waals surface area contributed by atoms with Gasteiger partial charge < -0.3 is 25.0 Å². The molecule has 2 aliphatic rings. The number of hydrogen-bond acceptors (Lipinski definition) is 8. The van der Waals surface area contributed by atoms with Crippen LogP contribution in [0.4, 0.5) is 30.8 Å². The lowest BCUT2D eigenvalue weighted by molar-refractivity contribution is -0.137. The highest BCUT2D eigenvalue weighted by molar-refractivity contribution is 5.69. The summed E-state index contributed by atoms with van der Waals surface area (Å²) in [6.45, 7) is 8.43. The maximum atomic E-state index is 13.6. The van der Waals surface area contributed by atoms with Crippen molar-refractivity contribution in [3.05, 3.63) is 23.9 Å². The van der Waals surface area contributed by atoms with E-state index in [-0.39, 0.29) is 18.5 Å². The van der Waals surface area contributed by atoms with Gasteiger partial charge in [-0.2, -0.15) is 18.2 Å². The van der Waals surface area contributed by atoms with Gasteiger partial charge in [-0.3, -0.25) is 0 Å². The molecule has 0 aliphatic carbocycles. The Hall–Kier alpha value is -2.66. The van der Waals surface area contributed by atoms with E-state index in [2.05, 4.69) is 15.0 Å². The second-order valence-corrected chi connectivity index (χ2v) is 6.76. The SMILES string of the molecule is CC.Nc1cc(C(F)(F)F)c(-c2cc(N3CCOCC3)nc(N3CCOCC3)n2)cn1.[HH]. The van der Waals surface area contributed by atoms with Gasteiger partial charge in [-0.25, -0.2) is 9.97 Å². The first-order chi connectivity index (χ1) is 14.9. The van der Waals surface area contributed by atoms with E-state index in [4.69, 9.17) is 15.2 Å².